The number of aryl methyl sites for hydroxylation is 1. The van der Waals surface area contributed by atoms with Gasteiger partial charge in [0.1, 0.15) is 0 Å². The molecule has 0 unspecified atom stereocenters. The van der Waals surface area contributed by atoms with Crippen molar-refractivity contribution in [2.24, 2.45) is 0 Å². The molecule has 2 aromatic rings. The van der Waals surface area contributed by atoms with Gasteiger partial charge in [-0.3, -0.25) is 4.68 Å². The molecule has 0 aliphatic heterocycles. The molecule has 0 aliphatic rings. The van der Waals surface area contributed by atoms with Gasteiger partial charge in [-0.1, -0.05) is 30.3 Å². The maximum atomic E-state index is 10.9. The number of nitrogens with zero attached hydrogens (tertiary/aromatic N) is 2. The summed E-state index contributed by atoms with van der Waals surface area (Å²) in [5.74, 6) is -0.980. The molecule has 0 radical (unpaired) electrons. The predicted molar refractivity (Wildman–Crippen MR) is 64.1 cm³/mol. The Balaban J connectivity index is 2.29. The van der Waals surface area contributed by atoms with Crippen LogP contribution in [0.25, 0.3) is 0 Å². The second kappa shape index (κ2) is 4.82. The highest BCUT2D eigenvalue weighted by atomic mass is 16.4. The van der Waals surface area contributed by atoms with Gasteiger partial charge in [0, 0.05) is 18.7 Å². The van der Waals surface area contributed by atoms with E-state index in [1.54, 1.807) is 10.7 Å². The van der Waals surface area contributed by atoms with Crippen molar-refractivity contribution >= 4 is 5.97 Å². The van der Waals surface area contributed by atoms with E-state index in [1.165, 1.54) is 0 Å². The summed E-state index contributed by atoms with van der Waals surface area (Å²) in [7, 11) is 0. The van der Waals surface area contributed by atoms with Crippen molar-refractivity contribution in [3.8, 4) is 0 Å². The van der Waals surface area contributed by atoms with Crippen molar-refractivity contribution < 1.29 is 9.90 Å². The number of benzene rings is 1. The monoisotopic (exact) mass is 230 g/mol. The minimum atomic E-state index is -0.980. The van der Waals surface area contributed by atoms with Crippen molar-refractivity contribution in [2.75, 3.05) is 0 Å². The van der Waals surface area contributed by atoms with Gasteiger partial charge in [0.25, 0.3) is 0 Å². The molecule has 4 heteroatoms. The van der Waals surface area contributed by atoms with Crippen molar-refractivity contribution in [3.05, 3.63) is 53.3 Å². The first-order chi connectivity index (χ1) is 8.20. The van der Waals surface area contributed by atoms with Crippen LogP contribution in [-0.2, 0) is 13.0 Å². The molecule has 0 bridgehead atoms. The Kier molecular flexibility index (Phi) is 3.23. The van der Waals surface area contributed by atoms with E-state index in [4.69, 9.17) is 5.11 Å². The lowest BCUT2D eigenvalue weighted by Gasteiger charge is -2.03. The maximum absolute atomic E-state index is 10.9. The third kappa shape index (κ3) is 2.53. The van der Waals surface area contributed by atoms with E-state index in [0.29, 0.717) is 13.0 Å². The van der Waals surface area contributed by atoms with Crippen molar-refractivity contribution in [2.45, 2.75) is 19.9 Å². The lowest BCUT2D eigenvalue weighted by molar-refractivity contribution is 0.0689. The highest BCUT2D eigenvalue weighted by Crippen LogP contribution is 2.11. The Morgan fingerprint density at radius 2 is 2.06 bits per heavy atom. The topological polar surface area (TPSA) is 55.1 Å². The standard InChI is InChI=1S/C13H14N2O2/c1-2-15-11(9-12(14-15)13(16)17)8-10-6-4-3-5-7-10/h3-7,9H,2,8H2,1H3,(H,16,17). The quantitative estimate of drug-likeness (QED) is 0.876. The number of aromatic nitrogens is 2. The average molecular weight is 230 g/mol. The lowest BCUT2D eigenvalue weighted by atomic mass is 10.1. The minimum Gasteiger partial charge on any atom is -0.476 e. The van der Waals surface area contributed by atoms with E-state index in [2.05, 4.69) is 5.10 Å². The van der Waals surface area contributed by atoms with Crippen molar-refractivity contribution in [3.63, 3.8) is 0 Å². The molecule has 4 nitrogen and oxygen atoms in total. The molecule has 0 aliphatic carbocycles. The van der Waals surface area contributed by atoms with Gasteiger partial charge in [-0.05, 0) is 18.6 Å². The molecule has 1 aromatic heterocycles. The normalized spacial score (nSPS) is 10.4. The molecular weight excluding hydrogens is 216 g/mol. The average Bonchev–Trinajstić information content (AvgIpc) is 2.74. The smallest absolute Gasteiger partial charge is 0.356 e. The maximum Gasteiger partial charge on any atom is 0.356 e. The largest absolute Gasteiger partial charge is 0.476 e. The summed E-state index contributed by atoms with van der Waals surface area (Å²) in [6.07, 6.45) is 0.703. The van der Waals surface area contributed by atoms with Gasteiger partial charge >= 0.3 is 5.97 Å². The number of rotatable bonds is 4. The van der Waals surface area contributed by atoms with Gasteiger partial charge in [0.15, 0.2) is 5.69 Å². The molecule has 1 aromatic carbocycles. The molecule has 0 amide bonds. The van der Waals surface area contributed by atoms with E-state index >= 15 is 0 Å². The molecular formula is C13H14N2O2. The molecule has 88 valence electrons. The Morgan fingerprint density at radius 1 is 1.35 bits per heavy atom. The van der Waals surface area contributed by atoms with Crippen LogP contribution in [0.15, 0.2) is 36.4 Å². The highest BCUT2D eigenvalue weighted by molar-refractivity contribution is 5.85. The second-order valence-electron chi connectivity index (χ2n) is 3.80. The van der Waals surface area contributed by atoms with Crippen LogP contribution < -0.4 is 0 Å². The summed E-state index contributed by atoms with van der Waals surface area (Å²) in [6.45, 7) is 2.63. The Labute approximate surface area is 99.5 Å². The Bertz CT molecular complexity index is 517. The second-order valence-corrected chi connectivity index (χ2v) is 3.80. The zero-order valence-electron chi connectivity index (χ0n) is 9.63. The third-order valence-electron chi connectivity index (χ3n) is 2.61. The number of aromatic carboxylic acids is 1. The first-order valence-corrected chi connectivity index (χ1v) is 5.54. The van der Waals surface area contributed by atoms with Crippen molar-refractivity contribution in [1.82, 2.24) is 9.78 Å². The van der Waals surface area contributed by atoms with Crippen LogP contribution in [0.4, 0.5) is 0 Å². The summed E-state index contributed by atoms with van der Waals surface area (Å²) >= 11 is 0. The molecule has 1 heterocycles. The minimum absolute atomic E-state index is 0.109. The van der Waals surface area contributed by atoms with Gasteiger partial charge in [-0.15, -0.1) is 0 Å². The first kappa shape index (κ1) is 11.4. The Morgan fingerprint density at radius 3 is 2.65 bits per heavy atom. The summed E-state index contributed by atoms with van der Waals surface area (Å²) in [5, 5.41) is 12.9. The Hall–Kier alpha value is -2.10. The fraction of sp³-hybridized carbons (Fsp3) is 0.231. The van der Waals surface area contributed by atoms with Gasteiger partial charge in [-0.2, -0.15) is 5.10 Å². The van der Waals surface area contributed by atoms with Gasteiger partial charge in [0.05, 0.1) is 0 Å². The predicted octanol–water partition coefficient (Wildman–Crippen LogP) is 2.19. The van der Waals surface area contributed by atoms with Crippen LogP contribution in [0.3, 0.4) is 0 Å². The molecule has 1 N–H and O–H groups in total. The summed E-state index contributed by atoms with van der Waals surface area (Å²) in [6, 6.07) is 11.6. The van der Waals surface area contributed by atoms with Crippen molar-refractivity contribution in [1.29, 1.82) is 0 Å². The number of hydrogen-bond acceptors (Lipinski definition) is 2. The van der Waals surface area contributed by atoms with Crippen LogP contribution in [0.1, 0.15) is 28.7 Å². The number of carboxylic acid groups (broad SMARTS) is 1. The molecule has 17 heavy (non-hydrogen) atoms. The van der Waals surface area contributed by atoms with E-state index in [0.717, 1.165) is 11.3 Å². The molecule has 0 spiro atoms. The third-order valence-corrected chi connectivity index (χ3v) is 2.61. The number of carbonyl (C=O) groups is 1. The molecule has 2 rings (SSSR count). The molecule has 0 fully saturated rings. The highest BCUT2D eigenvalue weighted by Gasteiger charge is 2.12. The first-order valence-electron chi connectivity index (χ1n) is 5.54. The zero-order valence-corrected chi connectivity index (χ0v) is 9.63. The fourth-order valence-corrected chi connectivity index (χ4v) is 1.78. The van der Waals surface area contributed by atoms with Gasteiger partial charge in [0.2, 0.25) is 0 Å². The lowest BCUT2D eigenvalue weighted by Crippen LogP contribution is -2.04. The molecule has 0 saturated carbocycles. The van der Waals surface area contributed by atoms with Gasteiger partial charge < -0.3 is 5.11 Å². The van der Waals surface area contributed by atoms with E-state index < -0.39 is 5.97 Å². The molecule has 0 saturated heterocycles. The fourth-order valence-electron chi connectivity index (χ4n) is 1.78. The van der Waals surface area contributed by atoms with E-state index in [-0.39, 0.29) is 5.69 Å². The molecule has 0 atom stereocenters. The van der Waals surface area contributed by atoms with Gasteiger partial charge in [-0.25, -0.2) is 4.79 Å². The SMILES string of the molecule is CCn1nc(C(=O)O)cc1Cc1ccccc1. The number of hydrogen-bond donors (Lipinski definition) is 1. The van der Waals surface area contributed by atoms with Crippen LogP contribution >= 0.6 is 0 Å². The number of carboxylic acids is 1. The van der Waals surface area contributed by atoms with Crippen LogP contribution in [-0.4, -0.2) is 20.9 Å². The summed E-state index contributed by atoms with van der Waals surface area (Å²) in [5.41, 5.74) is 2.19. The zero-order chi connectivity index (χ0) is 12.3. The summed E-state index contributed by atoms with van der Waals surface area (Å²) < 4.78 is 1.73. The van der Waals surface area contributed by atoms with Crippen LogP contribution in [0.5, 0.6) is 0 Å². The van der Waals surface area contributed by atoms with Crippen LogP contribution in [0.2, 0.25) is 0 Å². The van der Waals surface area contributed by atoms with Crippen LogP contribution in [0, 0.1) is 0 Å². The van der Waals surface area contributed by atoms with E-state index in [9.17, 15) is 4.79 Å². The van der Waals surface area contributed by atoms with E-state index in [1.807, 2.05) is 37.3 Å². The summed E-state index contributed by atoms with van der Waals surface area (Å²) in [4.78, 5) is 10.9.